The van der Waals surface area contributed by atoms with Crippen molar-refractivity contribution in [3.05, 3.63) is 59.7 Å². The molecule has 0 fully saturated rings. The Morgan fingerprint density at radius 1 is 1.08 bits per heavy atom. The highest BCUT2D eigenvalue weighted by atomic mass is 32.2. The van der Waals surface area contributed by atoms with Crippen LogP contribution in [0.2, 0.25) is 0 Å². The topological polar surface area (TPSA) is 72.5 Å². The molecule has 2 atom stereocenters. The average molecular weight is 361 g/mol. The van der Waals surface area contributed by atoms with Gasteiger partial charge in [-0.15, -0.1) is 0 Å². The Morgan fingerprint density at radius 2 is 1.72 bits per heavy atom. The lowest BCUT2D eigenvalue weighted by molar-refractivity contribution is -0.127. The zero-order chi connectivity index (χ0) is 18.6. The number of rotatable bonds is 6. The van der Waals surface area contributed by atoms with Crippen molar-refractivity contribution in [3.63, 3.8) is 0 Å². The first-order valence-corrected chi connectivity index (χ1v) is 9.89. The lowest BCUT2D eigenvalue weighted by Crippen LogP contribution is -2.37. The molecule has 0 unspecified atom stereocenters. The lowest BCUT2D eigenvalue weighted by Gasteiger charge is -2.19. The van der Waals surface area contributed by atoms with E-state index in [1.807, 2.05) is 38.1 Å². The summed E-state index contributed by atoms with van der Waals surface area (Å²) >= 11 is 0. The van der Waals surface area contributed by atoms with Crippen molar-refractivity contribution >= 4 is 15.7 Å². The van der Waals surface area contributed by atoms with Gasteiger partial charge in [0.25, 0.3) is 5.91 Å². The fourth-order valence-electron chi connectivity index (χ4n) is 2.36. The summed E-state index contributed by atoms with van der Waals surface area (Å²) < 4.78 is 28.7. The zero-order valence-corrected chi connectivity index (χ0v) is 15.6. The average Bonchev–Trinajstić information content (AvgIpc) is 2.54. The molecule has 2 aromatic carbocycles. The zero-order valence-electron chi connectivity index (χ0n) is 14.8. The number of benzene rings is 2. The summed E-state index contributed by atoms with van der Waals surface area (Å²) in [6.07, 6.45) is 0.525. The minimum Gasteiger partial charge on any atom is -0.481 e. The van der Waals surface area contributed by atoms with E-state index in [2.05, 4.69) is 5.32 Å². The molecule has 0 bridgehead atoms. The van der Waals surface area contributed by atoms with Crippen molar-refractivity contribution in [2.24, 2.45) is 0 Å². The van der Waals surface area contributed by atoms with Crippen molar-refractivity contribution in [1.29, 1.82) is 0 Å². The molecule has 134 valence electrons. The number of carbonyl (C=O) groups excluding carboxylic acids is 1. The fraction of sp³-hybridized carbons (Fsp3) is 0.316. The Hall–Kier alpha value is -2.34. The molecule has 0 radical (unpaired) electrons. The van der Waals surface area contributed by atoms with Crippen molar-refractivity contribution in [2.45, 2.75) is 37.8 Å². The molecule has 2 rings (SSSR count). The summed E-state index contributed by atoms with van der Waals surface area (Å²) in [5.74, 6) is 0.411. The standard InChI is InChI=1S/C19H23NO4S/c1-13-6-5-7-17(12-13)24-15(3)19(21)20-14(2)16-8-10-18(11-9-16)25(4,22)23/h5-12,14-15H,1-4H3,(H,20,21)/t14-,15+/m1/s1. The molecule has 0 aromatic heterocycles. The summed E-state index contributed by atoms with van der Waals surface area (Å²) in [6, 6.07) is 13.7. The molecule has 0 aliphatic carbocycles. The van der Waals surface area contributed by atoms with Gasteiger partial charge < -0.3 is 10.1 Å². The summed E-state index contributed by atoms with van der Waals surface area (Å²) in [5.41, 5.74) is 1.88. The Kier molecular flexibility index (Phi) is 5.85. The van der Waals surface area contributed by atoms with Crippen LogP contribution >= 0.6 is 0 Å². The van der Waals surface area contributed by atoms with E-state index in [9.17, 15) is 13.2 Å². The predicted octanol–water partition coefficient (Wildman–Crippen LogP) is 3.04. The molecule has 0 heterocycles. The maximum Gasteiger partial charge on any atom is 0.261 e. The van der Waals surface area contributed by atoms with Gasteiger partial charge in [0.2, 0.25) is 0 Å². The second-order valence-corrected chi connectivity index (χ2v) is 8.16. The molecule has 0 saturated carbocycles. The minimum absolute atomic E-state index is 0.235. The third kappa shape index (κ3) is 5.32. The van der Waals surface area contributed by atoms with Gasteiger partial charge in [-0.2, -0.15) is 0 Å². The van der Waals surface area contributed by atoms with E-state index in [-0.39, 0.29) is 16.8 Å². The number of hydrogen-bond acceptors (Lipinski definition) is 4. The number of ether oxygens (including phenoxy) is 1. The molecule has 0 aliphatic rings. The van der Waals surface area contributed by atoms with Crippen LogP contribution in [0.25, 0.3) is 0 Å². The summed E-state index contributed by atoms with van der Waals surface area (Å²) in [5, 5.41) is 2.88. The number of hydrogen-bond donors (Lipinski definition) is 1. The summed E-state index contributed by atoms with van der Waals surface area (Å²) in [4.78, 5) is 12.6. The first-order chi connectivity index (χ1) is 11.7. The molecule has 6 heteroatoms. The number of aryl methyl sites for hydroxylation is 1. The maximum absolute atomic E-state index is 12.3. The van der Waals surface area contributed by atoms with E-state index in [1.54, 1.807) is 31.2 Å². The number of sulfone groups is 1. The van der Waals surface area contributed by atoms with Crippen LogP contribution in [-0.4, -0.2) is 26.7 Å². The van der Waals surface area contributed by atoms with Crippen LogP contribution in [0.3, 0.4) is 0 Å². The SMILES string of the molecule is Cc1cccc(O[C@@H](C)C(=O)N[C@H](C)c2ccc(S(C)(=O)=O)cc2)c1. The van der Waals surface area contributed by atoms with Crippen LogP contribution in [0.1, 0.15) is 31.0 Å². The first-order valence-electron chi connectivity index (χ1n) is 8.00. The van der Waals surface area contributed by atoms with Crippen LogP contribution in [-0.2, 0) is 14.6 Å². The van der Waals surface area contributed by atoms with Gasteiger partial charge >= 0.3 is 0 Å². The third-order valence-electron chi connectivity index (χ3n) is 3.84. The highest BCUT2D eigenvalue weighted by Crippen LogP contribution is 2.18. The summed E-state index contributed by atoms with van der Waals surface area (Å²) in [6.45, 7) is 5.49. The highest BCUT2D eigenvalue weighted by molar-refractivity contribution is 7.90. The predicted molar refractivity (Wildman–Crippen MR) is 97.4 cm³/mol. The van der Waals surface area contributed by atoms with Gasteiger partial charge in [-0.25, -0.2) is 8.42 Å². The van der Waals surface area contributed by atoms with Crippen molar-refractivity contribution in [1.82, 2.24) is 5.32 Å². The lowest BCUT2D eigenvalue weighted by atomic mass is 10.1. The van der Waals surface area contributed by atoms with Crippen molar-refractivity contribution < 1.29 is 17.9 Å². The van der Waals surface area contributed by atoms with Crippen LogP contribution in [0.4, 0.5) is 0 Å². The monoisotopic (exact) mass is 361 g/mol. The van der Waals surface area contributed by atoms with E-state index in [0.717, 1.165) is 17.4 Å². The maximum atomic E-state index is 12.3. The van der Waals surface area contributed by atoms with Gasteiger partial charge in [0.05, 0.1) is 10.9 Å². The first kappa shape index (κ1) is 19.0. The number of carbonyl (C=O) groups is 1. The largest absolute Gasteiger partial charge is 0.481 e. The molecule has 5 nitrogen and oxygen atoms in total. The van der Waals surface area contributed by atoms with Crippen LogP contribution in [0.5, 0.6) is 5.75 Å². The smallest absolute Gasteiger partial charge is 0.261 e. The number of nitrogens with one attached hydrogen (secondary N) is 1. The normalized spacial score (nSPS) is 13.8. The molecule has 0 saturated heterocycles. The van der Waals surface area contributed by atoms with Gasteiger partial charge in [-0.1, -0.05) is 24.3 Å². The third-order valence-corrected chi connectivity index (χ3v) is 4.97. The molecule has 1 N–H and O–H groups in total. The number of amides is 1. The molecule has 25 heavy (non-hydrogen) atoms. The summed E-state index contributed by atoms with van der Waals surface area (Å²) in [7, 11) is -3.23. The molecular weight excluding hydrogens is 338 g/mol. The van der Waals surface area contributed by atoms with Crippen molar-refractivity contribution in [3.8, 4) is 5.75 Å². The van der Waals surface area contributed by atoms with Gasteiger partial charge in [-0.3, -0.25) is 4.79 Å². The van der Waals surface area contributed by atoms with Crippen molar-refractivity contribution in [2.75, 3.05) is 6.26 Å². The van der Waals surface area contributed by atoms with E-state index in [1.165, 1.54) is 0 Å². The Balaban J connectivity index is 1.99. The molecule has 0 aliphatic heterocycles. The van der Waals surface area contributed by atoms with Crippen LogP contribution in [0, 0.1) is 6.92 Å². The van der Waals surface area contributed by atoms with E-state index in [4.69, 9.17) is 4.74 Å². The molecule has 2 aromatic rings. The quantitative estimate of drug-likeness (QED) is 0.858. The molecular formula is C19H23NO4S. The van der Waals surface area contributed by atoms with Gasteiger partial charge in [0, 0.05) is 6.26 Å². The Labute approximate surface area is 148 Å². The second kappa shape index (κ2) is 7.70. The highest BCUT2D eigenvalue weighted by Gasteiger charge is 2.18. The minimum atomic E-state index is -3.23. The van der Waals surface area contributed by atoms with Crippen LogP contribution in [0.15, 0.2) is 53.4 Å². The van der Waals surface area contributed by atoms with Gasteiger partial charge in [-0.05, 0) is 56.2 Å². The second-order valence-electron chi connectivity index (χ2n) is 6.15. The fourth-order valence-corrected chi connectivity index (χ4v) is 2.99. The van der Waals surface area contributed by atoms with Crippen LogP contribution < -0.4 is 10.1 Å². The molecule has 0 spiro atoms. The van der Waals surface area contributed by atoms with E-state index < -0.39 is 15.9 Å². The molecule has 1 amide bonds. The van der Waals surface area contributed by atoms with E-state index in [0.29, 0.717) is 5.75 Å². The van der Waals surface area contributed by atoms with Gasteiger partial charge in [0.1, 0.15) is 5.75 Å². The Bertz CT molecular complexity index is 844. The van der Waals surface area contributed by atoms with Gasteiger partial charge in [0.15, 0.2) is 15.9 Å². The van der Waals surface area contributed by atoms with E-state index >= 15 is 0 Å². The Morgan fingerprint density at radius 3 is 2.28 bits per heavy atom.